The van der Waals surface area contributed by atoms with Gasteiger partial charge in [0.1, 0.15) is 0 Å². The summed E-state index contributed by atoms with van der Waals surface area (Å²) in [6.07, 6.45) is -1.15. The average Bonchev–Trinajstić information content (AvgIpc) is 3.02. The van der Waals surface area contributed by atoms with Gasteiger partial charge in [0.05, 0.1) is 22.3 Å². The minimum atomic E-state index is -2.78. The molecule has 0 radical (unpaired) electrons. The van der Waals surface area contributed by atoms with E-state index in [0.29, 0.717) is 6.42 Å². The van der Waals surface area contributed by atoms with Crippen molar-refractivity contribution in [3.05, 3.63) is 144 Å². The molecule has 0 aromatic heterocycles. The standard InChI is InChI=1S/C33H28O8/c1-2-15-28(38-29(34)24-16-7-3-8-17-24)33(39-30(35)25-18-9-4-10-19-25,40-31(36)26-20-11-5-12-21-26)41-32(37)27-22-13-6-14-23-27/h3-14,16-23,28H,2,15H2,1H3. The molecule has 0 aliphatic rings. The zero-order chi connectivity index (χ0) is 29.1. The minimum absolute atomic E-state index is 0.00474. The van der Waals surface area contributed by atoms with E-state index < -0.39 is 36.0 Å². The van der Waals surface area contributed by atoms with Crippen molar-refractivity contribution >= 4 is 23.9 Å². The van der Waals surface area contributed by atoms with Gasteiger partial charge >= 0.3 is 29.9 Å². The Morgan fingerprint density at radius 3 is 1.10 bits per heavy atom. The minimum Gasteiger partial charge on any atom is -0.446 e. The van der Waals surface area contributed by atoms with Gasteiger partial charge in [-0.25, -0.2) is 19.2 Å². The highest BCUT2D eigenvalue weighted by atomic mass is 16.9. The van der Waals surface area contributed by atoms with Crippen LogP contribution in [0.3, 0.4) is 0 Å². The van der Waals surface area contributed by atoms with Crippen molar-refractivity contribution in [2.45, 2.75) is 31.8 Å². The molecule has 1 atom stereocenters. The number of ether oxygens (including phenoxy) is 4. The molecule has 0 N–H and O–H groups in total. The number of rotatable bonds is 11. The Morgan fingerprint density at radius 1 is 0.512 bits per heavy atom. The van der Waals surface area contributed by atoms with Crippen LogP contribution in [0, 0.1) is 0 Å². The molecule has 0 heterocycles. The number of benzene rings is 4. The van der Waals surface area contributed by atoms with E-state index in [1.54, 1.807) is 79.7 Å². The molecule has 0 saturated heterocycles. The van der Waals surface area contributed by atoms with Crippen LogP contribution < -0.4 is 0 Å². The highest BCUT2D eigenvalue weighted by Gasteiger charge is 2.54. The molecular formula is C33H28O8. The predicted molar refractivity (Wildman–Crippen MR) is 149 cm³/mol. The molecule has 41 heavy (non-hydrogen) atoms. The van der Waals surface area contributed by atoms with Crippen molar-refractivity contribution in [1.29, 1.82) is 0 Å². The Hall–Kier alpha value is -5.24. The second-order valence-electron chi connectivity index (χ2n) is 8.92. The summed E-state index contributed by atoms with van der Waals surface area (Å²) in [5.41, 5.74) is 0.467. The van der Waals surface area contributed by atoms with Crippen LogP contribution in [0.2, 0.25) is 0 Å². The van der Waals surface area contributed by atoms with E-state index in [0.717, 1.165) is 0 Å². The maximum absolute atomic E-state index is 13.4. The van der Waals surface area contributed by atoms with Gasteiger partial charge in [0.15, 0.2) is 0 Å². The summed E-state index contributed by atoms with van der Waals surface area (Å²) in [7, 11) is 0. The molecular weight excluding hydrogens is 524 g/mol. The Kier molecular flexibility index (Phi) is 9.62. The van der Waals surface area contributed by atoms with E-state index in [1.807, 2.05) is 0 Å². The third kappa shape index (κ3) is 7.45. The van der Waals surface area contributed by atoms with Crippen LogP contribution in [0.15, 0.2) is 121 Å². The first-order valence-electron chi connectivity index (χ1n) is 13.0. The Balaban J connectivity index is 1.82. The summed E-state index contributed by atoms with van der Waals surface area (Å²) in [5.74, 6) is -6.49. The first-order chi connectivity index (χ1) is 19.9. The lowest BCUT2D eigenvalue weighted by Crippen LogP contribution is -2.55. The van der Waals surface area contributed by atoms with Gasteiger partial charge in [-0.2, -0.15) is 0 Å². The molecule has 0 aliphatic heterocycles. The highest BCUT2D eigenvalue weighted by Crippen LogP contribution is 2.31. The second kappa shape index (κ2) is 13.7. The highest BCUT2D eigenvalue weighted by molar-refractivity contribution is 5.93. The van der Waals surface area contributed by atoms with Crippen molar-refractivity contribution in [3.8, 4) is 0 Å². The number of carbonyl (C=O) groups excluding carboxylic acids is 4. The molecule has 208 valence electrons. The average molecular weight is 553 g/mol. The molecule has 0 bridgehead atoms. The third-order valence-corrected chi connectivity index (χ3v) is 5.94. The van der Waals surface area contributed by atoms with Crippen LogP contribution in [-0.4, -0.2) is 36.0 Å². The second-order valence-corrected chi connectivity index (χ2v) is 8.92. The van der Waals surface area contributed by atoms with Gasteiger partial charge in [0.25, 0.3) is 0 Å². The summed E-state index contributed by atoms with van der Waals surface area (Å²) in [5, 5.41) is 0. The summed E-state index contributed by atoms with van der Waals surface area (Å²) >= 11 is 0. The molecule has 4 rings (SSSR count). The summed E-state index contributed by atoms with van der Waals surface area (Å²) in [6.45, 7) is 1.78. The zero-order valence-electron chi connectivity index (χ0n) is 22.3. The van der Waals surface area contributed by atoms with Crippen LogP contribution in [0.1, 0.15) is 61.2 Å². The maximum atomic E-state index is 13.4. The largest absolute Gasteiger partial charge is 0.463 e. The van der Waals surface area contributed by atoms with Gasteiger partial charge in [-0.05, 0) is 55.0 Å². The van der Waals surface area contributed by atoms with Crippen LogP contribution >= 0.6 is 0 Å². The van der Waals surface area contributed by atoms with Gasteiger partial charge in [-0.3, -0.25) is 0 Å². The summed E-state index contributed by atoms with van der Waals surface area (Å²) in [4.78, 5) is 53.4. The SMILES string of the molecule is CCCC(OC(=O)c1ccccc1)C(OC(=O)c1ccccc1)(OC(=O)c1ccccc1)OC(=O)c1ccccc1. The van der Waals surface area contributed by atoms with Crippen molar-refractivity contribution < 1.29 is 38.1 Å². The topological polar surface area (TPSA) is 105 Å². The quantitative estimate of drug-likeness (QED) is 0.159. The fourth-order valence-electron chi connectivity index (χ4n) is 3.89. The Bertz CT molecular complexity index is 1320. The van der Waals surface area contributed by atoms with Crippen molar-refractivity contribution in [2.75, 3.05) is 0 Å². The molecule has 0 aliphatic carbocycles. The summed E-state index contributed by atoms with van der Waals surface area (Å²) < 4.78 is 23.1. The lowest BCUT2D eigenvalue weighted by atomic mass is 10.1. The van der Waals surface area contributed by atoms with Crippen molar-refractivity contribution in [3.63, 3.8) is 0 Å². The third-order valence-electron chi connectivity index (χ3n) is 5.94. The Morgan fingerprint density at radius 2 is 0.805 bits per heavy atom. The summed E-state index contributed by atoms with van der Waals surface area (Å²) in [6, 6.07) is 31.8. The number of esters is 4. The smallest absolute Gasteiger partial charge is 0.446 e. The van der Waals surface area contributed by atoms with Crippen LogP contribution in [0.25, 0.3) is 0 Å². The normalized spacial score (nSPS) is 11.5. The maximum Gasteiger partial charge on any atom is 0.463 e. The van der Waals surface area contributed by atoms with E-state index in [4.69, 9.17) is 18.9 Å². The molecule has 0 spiro atoms. The van der Waals surface area contributed by atoms with E-state index in [2.05, 4.69) is 0 Å². The first-order valence-corrected chi connectivity index (χ1v) is 13.0. The molecule has 0 saturated carbocycles. The van der Waals surface area contributed by atoms with E-state index >= 15 is 0 Å². The van der Waals surface area contributed by atoms with Crippen LogP contribution in [-0.2, 0) is 18.9 Å². The molecule has 1 unspecified atom stereocenters. The van der Waals surface area contributed by atoms with E-state index in [1.165, 1.54) is 48.5 Å². The van der Waals surface area contributed by atoms with Gasteiger partial charge < -0.3 is 18.9 Å². The lowest BCUT2D eigenvalue weighted by molar-refractivity contribution is -0.341. The first kappa shape index (κ1) is 28.8. The number of hydrogen-bond donors (Lipinski definition) is 0. The molecule has 0 amide bonds. The fourth-order valence-corrected chi connectivity index (χ4v) is 3.89. The van der Waals surface area contributed by atoms with Gasteiger partial charge in [-0.15, -0.1) is 0 Å². The Labute approximate surface area is 237 Å². The van der Waals surface area contributed by atoms with Crippen LogP contribution in [0.5, 0.6) is 0 Å². The fraction of sp³-hybridized carbons (Fsp3) is 0.152. The lowest BCUT2D eigenvalue weighted by Gasteiger charge is -2.36. The molecule has 8 heteroatoms. The monoisotopic (exact) mass is 552 g/mol. The van der Waals surface area contributed by atoms with E-state index in [9.17, 15) is 19.2 Å². The predicted octanol–water partition coefficient (Wildman–Crippen LogP) is 6.24. The van der Waals surface area contributed by atoms with Gasteiger partial charge in [0, 0.05) is 0 Å². The van der Waals surface area contributed by atoms with Gasteiger partial charge in [0.2, 0.25) is 6.10 Å². The van der Waals surface area contributed by atoms with E-state index in [-0.39, 0.29) is 28.7 Å². The zero-order valence-corrected chi connectivity index (χ0v) is 22.3. The molecule has 4 aromatic carbocycles. The van der Waals surface area contributed by atoms with Crippen molar-refractivity contribution in [2.24, 2.45) is 0 Å². The van der Waals surface area contributed by atoms with Gasteiger partial charge in [-0.1, -0.05) is 86.1 Å². The van der Waals surface area contributed by atoms with Crippen LogP contribution in [0.4, 0.5) is 0 Å². The molecule has 8 nitrogen and oxygen atoms in total. The molecule has 0 fully saturated rings. The number of hydrogen-bond acceptors (Lipinski definition) is 8. The van der Waals surface area contributed by atoms with Crippen molar-refractivity contribution in [1.82, 2.24) is 0 Å². The molecule has 4 aromatic rings. The number of carbonyl (C=O) groups is 4.